The van der Waals surface area contributed by atoms with E-state index in [9.17, 15) is 0 Å². The molecule has 18 heavy (non-hydrogen) atoms. The monoisotopic (exact) mass is 317 g/mol. The molecule has 2 unspecified atom stereocenters. The summed E-state index contributed by atoms with van der Waals surface area (Å²) in [5.74, 6) is 0. The normalized spacial score (nSPS) is 42.7. The van der Waals surface area contributed by atoms with E-state index in [2.05, 4.69) is 19.7 Å². The molecule has 0 aromatic heterocycles. The molecule has 8 heteroatoms. The van der Waals surface area contributed by atoms with Gasteiger partial charge in [0.15, 0.2) is 0 Å². The van der Waals surface area contributed by atoms with Gasteiger partial charge in [-0.3, -0.25) is 0 Å². The van der Waals surface area contributed by atoms with Gasteiger partial charge < -0.3 is 16.5 Å². The fourth-order valence-electron chi connectivity index (χ4n) is 1.71. The highest BCUT2D eigenvalue weighted by molar-refractivity contribution is 6.94. The van der Waals surface area contributed by atoms with Crippen molar-refractivity contribution in [3.8, 4) is 0 Å². The first-order valence-electron chi connectivity index (χ1n) is 5.72. The average Bonchev–Trinajstić information content (AvgIpc) is 2.26. The summed E-state index contributed by atoms with van der Waals surface area (Å²) < 4.78 is 24.3. The predicted octanol–water partition coefficient (Wildman–Crippen LogP) is 2.58. The van der Waals surface area contributed by atoms with Crippen molar-refractivity contribution < 1.29 is 16.5 Å². The van der Waals surface area contributed by atoms with Crippen molar-refractivity contribution in [1.29, 1.82) is 0 Å². The van der Waals surface area contributed by atoms with Crippen LogP contribution in [-0.2, 0) is 16.5 Å². The van der Waals surface area contributed by atoms with Gasteiger partial charge in [0.1, 0.15) is 0 Å². The molecule has 1 heterocycles. The largest absolute Gasteiger partial charge is 0.412 e. The second-order valence-electron chi connectivity index (χ2n) is 4.56. The minimum atomic E-state index is -2.52. The molecule has 0 N–H and O–H groups in total. The smallest absolute Gasteiger partial charge is 0.362 e. The molecule has 1 saturated heterocycles. The quantitative estimate of drug-likeness (QED) is 0.750. The molecule has 0 aromatic carbocycles. The van der Waals surface area contributed by atoms with Crippen LogP contribution in [0.3, 0.4) is 0 Å². The lowest BCUT2D eigenvalue weighted by atomic mass is 11.3. The van der Waals surface area contributed by atoms with E-state index in [1.165, 1.54) is 0 Å². The fraction of sp³-hybridized carbons (Fsp3) is 0.400. The Kier molecular flexibility index (Phi) is 4.89. The van der Waals surface area contributed by atoms with Gasteiger partial charge in [0, 0.05) is 0 Å². The van der Waals surface area contributed by atoms with Gasteiger partial charge in [-0.05, 0) is 26.2 Å². The Balaban J connectivity index is 3.11. The fourth-order valence-corrected chi connectivity index (χ4v) is 16.9. The van der Waals surface area contributed by atoms with E-state index >= 15 is 0 Å². The zero-order chi connectivity index (χ0) is 14.0. The molecule has 1 fully saturated rings. The van der Waals surface area contributed by atoms with E-state index in [4.69, 9.17) is 16.5 Å². The van der Waals surface area contributed by atoms with Gasteiger partial charge in [-0.25, -0.2) is 0 Å². The molecular formula is C10H21O4Si4. The molecule has 0 bridgehead atoms. The molecule has 2 atom stereocenters. The molecule has 0 aliphatic carbocycles. The molecule has 0 spiro atoms. The molecule has 1 aliphatic heterocycles. The van der Waals surface area contributed by atoms with Crippen molar-refractivity contribution in [1.82, 2.24) is 0 Å². The Morgan fingerprint density at radius 3 is 1.39 bits per heavy atom. The van der Waals surface area contributed by atoms with Crippen molar-refractivity contribution in [2.45, 2.75) is 26.2 Å². The standard InChI is InChI=1S/C10H21O4Si4/c1-8-16(5)11-15(4)12-17(6,9-2)14-18(7,10-3)13-16/h8-10H,1-3H2,4-7H3. The first-order valence-corrected chi connectivity index (χ1v) is 14.7. The van der Waals surface area contributed by atoms with E-state index < -0.39 is 35.0 Å². The van der Waals surface area contributed by atoms with Crippen LogP contribution in [0.25, 0.3) is 0 Å². The maximum atomic E-state index is 6.16. The van der Waals surface area contributed by atoms with E-state index in [0.29, 0.717) is 0 Å². The van der Waals surface area contributed by atoms with E-state index in [-0.39, 0.29) is 0 Å². The molecule has 1 radical (unpaired) electrons. The number of rotatable bonds is 3. The molecule has 1 rings (SSSR count). The predicted molar refractivity (Wildman–Crippen MR) is 81.4 cm³/mol. The highest BCUT2D eigenvalue weighted by Crippen LogP contribution is 2.28. The highest BCUT2D eigenvalue weighted by atomic mass is 28.5. The van der Waals surface area contributed by atoms with Gasteiger partial charge in [0.25, 0.3) is 0 Å². The van der Waals surface area contributed by atoms with Gasteiger partial charge in [0.05, 0.1) is 0 Å². The first-order chi connectivity index (χ1) is 8.20. The van der Waals surface area contributed by atoms with Crippen LogP contribution >= 0.6 is 0 Å². The molecule has 0 aromatic rings. The van der Waals surface area contributed by atoms with Gasteiger partial charge in [-0.1, -0.05) is 17.1 Å². The summed E-state index contributed by atoms with van der Waals surface area (Å²) in [5.41, 5.74) is 5.29. The van der Waals surface area contributed by atoms with Gasteiger partial charge in [-0.15, -0.1) is 19.7 Å². The topological polar surface area (TPSA) is 36.9 Å². The number of hydrogen-bond acceptors (Lipinski definition) is 4. The summed E-state index contributed by atoms with van der Waals surface area (Å²) in [7, 11) is -8.85. The van der Waals surface area contributed by atoms with Crippen LogP contribution < -0.4 is 0 Å². The zero-order valence-corrected chi connectivity index (χ0v) is 15.5. The summed E-state index contributed by atoms with van der Waals surface area (Å²) in [6.45, 7) is 19.3. The third-order valence-corrected chi connectivity index (χ3v) is 16.9. The molecular weight excluding hydrogens is 296 g/mol. The summed E-state index contributed by atoms with van der Waals surface area (Å²) in [6.07, 6.45) is 0. The van der Waals surface area contributed by atoms with Crippen LogP contribution in [0.1, 0.15) is 0 Å². The SMILES string of the molecule is C=C[Si]1(C)O[Si](C)O[Si](C)(C=C)O[Si](C)(C=C)O1. The Labute approximate surface area is 115 Å². The van der Waals surface area contributed by atoms with Crippen LogP contribution in [0.2, 0.25) is 26.2 Å². The van der Waals surface area contributed by atoms with E-state index in [1.807, 2.05) is 26.2 Å². The highest BCUT2D eigenvalue weighted by Gasteiger charge is 2.49. The Bertz CT molecular complexity index is 338. The minimum Gasteiger partial charge on any atom is -0.412 e. The summed E-state index contributed by atoms with van der Waals surface area (Å²) in [5, 5.41) is 0. The molecule has 0 amide bonds. The van der Waals surface area contributed by atoms with Crippen LogP contribution in [0, 0.1) is 0 Å². The van der Waals surface area contributed by atoms with E-state index in [1.54, 1.807) is 17.1 Å². The molecule has 0 saturated carbocycles. The minimum absolute atomic E-state index is 1.43. The maximum Gasteiger partial charge on any atom is 0.362 e. The van der Waals surface area contributed by atoms with Gasteiger partial charge in [0.2, 0.25) is 0 Å². The van der Waals surface area contributed by atoms with Crippen molar-refractivity contribution in [2.75, 3.05) is 0 Å². The maximum absolute atomic E-state index is 6.16. The second-order valence-corrected chi connectivity index (χ2v) is 16.1. The lowest BCUT2D eigenvalue weighted by Gasteiger charge is -2.43. The second kappa shape index (κ2) is 5.51. The Morgan fingerprint density at radius 1 is 0.778 bits per heavy atom. The van der Waals surface area contributed by atoms with Crippen LogP contribution in [0.15, 0.2) is 36.8 Å². The number of hydrogen-bond donors (Lipinski definition) is 0. The lowest BCUT2D eigenvalue weighted by molar-refractivity contribution is 0.261. The Morgan fingerprint density at radius 2 is 1.11 bits per heavy atom. The van der Waals surface area contributed by atoms with Gasteiger partial charge >= 0.3 is 35.0 Å². The van der Waals surface area contributed by atoms with Crippen molar-refractivity contribution >= 4 is 35.0 Å². The first kappa shape index (κ1) is 16.0. The van der Waals surface area contributed by atoms with E-state index in [0.717, 1.165) is 0 Å². The summed E-state index contributed by atoms with van der Waals surface area (Å²) in [4.78, 5) is 0. The van der Waals surface area contributed by atoms with Crippen molar-refractivity contribution in [3.63, 3.8) is 0 Å². The van der Waals surface area contributed by atoms with Crippen LogP contribution in [-0.4, -0.2) is 35.0 Å². The molecule has 101 valence electrons. The van der Waals surface area contributed by atoms with Crippen LogP contribution in [0.4, 0.5) is 0 Å². The summed E-state index contributed by atoms with van der Waals surface area (Å²) >= 11 is 0. The third kappa shape index (κ3) is 3.71. The zero-order valence-electron chi connectivity index (χ0n) is 11.5. The average molecular weight is 318 g/mol. The third-order valence-electron chi connectivity index (χ3n) is 2.62. The van der Waals surface area contributed by atoms with Crippen molar-refractivity contribution in [2.24, 2.45) is 0 Å². The lowest BCUT2D eigenvalue weighted by Crippen LogP contribution is -2.62. The molecule has 1 aliphatic rings. The van der Waals surface area contributed by atoms with Gasteiger partial charge in [-0.2, -0.15) is 0 Å². The summed E-state index contributed by atoms with van der Waals surface area (Å²) in [6, 6.07) is 0. The van der Waals surface area contributed by atoms with Crippen molar-refractivity contribution in [3.05, 3.63) is 36.8 Å². The Hall–Kier alpha value is -0.0725. The van der Waals surface area contributed by atoms with Crippen LogP contribution in [0.5, 0.6) is 0 Å². The molecule has 4 nitrogen and oxygen atoms in total.